The van der Waals surface area contributed by atoms with Gasteiger partial charge in [0.2, 0.25) is 5.89 Å². The second kappa shape index (κ2) is 6.26. The highest BCUT2D eigenvalue weighted by atomic mass is 16.5. The molecule has 1 aliphatic rings. The molecular formula is C12H22N4O2. The van der Waals surface area contributed by atoms with Crippen LogP contribution in [-0.2, 0) is 17.7 Å². The van der Waals surface area contributed by atoms with Crippen molar-refractivity contribution in [3.05, 3.63) is 11.7 Å². The van der Waals surface area contributed by atoms with Crippen LogP contribution in [0.15, 0.2) is 4.52 Å². The first-order chi connectivity index (χ1) is 8.67. The van der Waals surface area contributed by atoms with E-state index < -0.39 is 0 Å². The Morgan fingerprint density at radius 1 is 1.50 bits per heavy atom. The van der Waals surface area contributed by atoms with Gasteiger partial charge in [-0.2, -0.15) is 4.98 Å². The number of hydrogen-bond acceptors (Lipinski definition) is 6. The van der Waals surface area contributed by atoms with Gasteiger partial charge in [0.05, 0.1) is 19.3 Å². The zero-order valence-electron chi connectivity index (χ0n) is 11.1. The van der Waals surface area contributed by atoms with Crippen molar-refractivity contribution in [2.45, 2.75) is 32.9 Å². The molecule has 2 heterocycles. The van der Waals surface area contributed by atoms with E-state index in [9.17, 15) is 0 Å². The standard InChI is InChI=1S/C12H22N4O2/c1-9(2)5-12-14-11(15-18-12)8-16-3-4-17-10(6-13)7-16/h9-10H,3-8,13H2,1-2H3. The number of aromatic nitrogens is 2. The van der Waals surface area contributed by atoms with Crippen molar-refractivity contribution in [3.8, 4) is 0 Å². The van der Waals surface area contributed by atoms with Gasteiger partial charge in [-0.3, -0.25) is 4.90 Å². The Balaban J connectivity index is 1.86. The third-order valence-electron chi connectivity index (χ3n) is 2.94. The van der Waals surface area contributed by atoms with Gasteiger partial charge in [-0.25, -0.2) is 0 Å². The Hall–Kier alpha value is -0.980. The van der Waals surface area contributed by atoms with E-state index in [0.29, 0.717) is 19.0 Å². The molecule has 0 aliphatic carbocycles. The van der Waals surface area contributed by atoms with Gasteiger partial charge in [-0.15, -0.1) is 0 Å². The molecule has 1 aromatic rings. The summed E-state index contributed by atoms with van der Waals surface area (Å²) in [5, 5.41) is 4.01. The Bertz CT molecular complexity index is 367. The monoisotopic (exact) mass is 254 g/mol. The zero-order valence-corrected chi connectivity index (χ0v) is 11.1. The third-order valence-corrected chi connectivity index (χ3v) is 2.94. The molecular weight excluding hydrogens is 232 g/mol. The molecule has 2 rings (SSSR count). The molecule has 1 aromatic heterocycles. The molecule has 1 aliphatic heterocycles. The molecule has 18 heavy (non-hydrogen) atoms. The Kier molecular flexibility index (Phi) is 4.68. The Morgan fingerprint density at radius 3 is 3.06 bits per heavy atom. The van der Waals surface area contributed by atoms with Crippen LogP contribution in [0.2, 0.25) is 0 Å². The van der Waals surface area contributed by atoms with Crippen LogP contribution in [0.25, 0.3) is 0 Å². The Labute approximate surface area is 107 Å². The molecule has 6 nitrogen and oxygen atoms in total. The molecule has 6 heteroatoms. The smallest absolute Gasteiger partial charge is 0.226 e. The van der Waals surface area contributed by atoms with Gasteiger partial charge >= 0.3 is 0 Å². The normalized spacial score (nSPS) is 21.7. The van der Waals surface area contributed by atoms with E-state index in [4.69, 9.17) is 15.0 Å². The van der Waals surface area contributed by atoms with Crippen molar-refractivity contribution in [3.63, 3.8) is 0 Å². The van der Waals surface area contributed by atoms with Crippen LogP contribution in [0.1, 0.15) is 25.6 Å². The SMILES string of the molecule is CC(C)Cc1nc(CN2CCOC(CN)C2)no1. The van der Waals surface area contributed by atoms with Gasteiger partial charge in [0.1, 0.15) is 0 Å². The first-order valence-electron chi connectivity index (χ1n) is 6.53. The second-order valence-electron chi connectivity index (χ2n) is 5.17. The molecule has 2 N–H and O–H groups in total. The summed E-state index contributed by atoms with van der Waals surface area (Å²) < 4.78 is 10.7. The lowest BCUT2D eigenvalue weighted by Crippen LogP contribution is -2.45. The summed E-state index contributed by atoms with van der Waals surface area (Å²) in [5.74, 6) is 2.01. The molecule has 0 saturated carbocycles. The number of nitrogens with two attached hydrogens (primary N) is 1. The number of rotatable bonds is 5. The molecule has 0 amide bonds. The van der Waals surface area contributed by atoms with Crippen molar-refractivity contribution in [2.75, 3.05) is 26.2 Å². The summed E-state index contributed by atoms with van der Waals surface area (Å²) in [5.41, 5.74) is 5.62. The molecule has 1 fully saturated rings. The van der Waals surface area contributed by atoms with Gasteiger partial charge < -0.3 is 15.0 Å². The maximum absolute atomic E-state index is 5.62. The minimum atomic E-state index is 0.126. The van der Waals surface area contributed by atoms with Crippen LogP contribution in [0, 0.1) is 5.92 Å². The largest absolute Gasteiger partial charge is 0.374 e. The van der Waals surface area contributed by atoms with Crippen molar-refractivity contribution in [1.29, 1.82) is 0 Å². The fraction of sp³-hybridized carbons (Fsp3) is 0.833. The van der Waals surface area contributed by atoms with E-state index in [-0.39, 0.29) is 6.10 Å². The van der Waals surface area contributed by atoms with Crippen LogP contribution in [0.3, 0.4) is 0 Å². The van der Waals surface area contributed by atoms with Crippen LogP contribution < -0.4 is 5.73 Å². The first kappa shape index (κ1) is 13.5. The summed E-state index contributed by atoms with van der Waals surface area (Å²) in [6.45, 7) is 7.99. The molecule has 1 unspecified atom stereocenters. The second-order valence-corrected chi connectivity index (χ2v) is 5.17. The van der Waals surface area contributed by atoms with E-state index in [1.165, 1.54) is 0 Å². The van der Waals surface area contributed by atoms with Crippen LogP contribution in [0.4, 0.5) is 0 Å². The Morgan fingerprint density at radius 2 is 2.33 bits per heavy atom. The maximum atomic E-state index is 5.62. The van der Waals surface area contributed by atoms with Gasteiger partial charge in [0.15, 0.2) is 5.82 Å². The van der Waals surface area contributed by atoms with Gasteiger partial charge in [0, 0.05) is 26.1 Å². The number of ether oxygens (including phenoxy) is 1. The lowest BCUT2D eigenvalue weighted by atomic mass is 10.1. The molecule has 0 radical (unpaired) electrons. The van der Waals surface area contributed by atoms with Crippen molar-refractivity contribution in [1.82, 2.24) is 15.0 Å². The summed E-state index contributed by atoms with van der Waals surface area (Å²) in [6.07, 6.45) is 0.961. The fourth-order valence-corrected chi connectivity index (χ4v) is 2.05. The summed E-state index contributed by atoms with van der Waals surface area (Å²) in [4.78, 5) is 6.66. The van der Waals surface area contributed by atoms with Gasteiger partial charge in [-0.05, 0) is 5.92 Å². The van der Waals surface area contributed by atoms with Crippen LogP contribution >= 0.6 is 0 Å². The van der Waals surface area contributed by atoms with Gasteiger partial charge in [0.25, 0.3) is 0 Å². The number of morpholine rings is 1. The summed E-state index contributed by atoms with van der Waals surface area (Å²) >= 11 is 0. The zero-order chi connectivity index (χ0) is 13.0. The first-order valence-corrected chi connectivity index (χ1v) is 6.53. The van der Waals surface area contributed by atoms with Crippen molar-refractivity contribution < 1.29 is 9.26 Å². The lowest BCUT2D eigenvalue weighted by molar-refractivity contribution is -0.0269. The fourth-order valence-electron chi connectivity index (χ4n) is 2.05. The van der Waals surface area contributed by atoms with Crippen molar-refractivity contribution >= 4 is 0 Å². The molecule has 1 saturated heterocycles. The minimum Gasteiger partial charge on any atom is -0.374 e. The predicted octanol–water partition coefficient (Wildman–Crippen LogP) is 0.428. The summed E-state index contributed by atoms with van der Waals surface area (Å²) in [7, 11) is 0. The average molecular weight is 254 g/mol. The predicted molar refractivity (Wildman–Crippen MR) is 66.9 cm³/mol. The van der Waals surface area contributed by atoms with E-state index in [1.807, 2.05) is 0 Å². The number of nitrogens with zero attached hydrogens (tertiary/aromatic N) is 3. The summed E-state index contributed by atoms with van der Waals surface area (Å²) in [6, 6.07) is 0. The highest BCUT2D eigenvalue weighted by molar-refractivity contribution is 4.88. The topological polar surface area (TPSA) is 77.4 Å². The van der Waals surface area contributed by atoms with Crippen LogP contribution in [-0.4, -0.2) is 47.4 Å². The maximum Gasteiger partial charge on any atom is 0.226 e. The molecule has 102 valence electrons. The highest BCUT2D eigenvalue weighted by Crippen LogP contribution is 2.10. The quantitative estimate of drug-likeness (QED) is 0.821. The van der Waals surface area contributed by atoms with Gasteiger partial charge in [-0.1, -0.05) is 19.0 Å². The van der Waals surface area contributed by atoms with Crippen LogP contribution in [0.5, 0.6) is 0 Å². The highest BCUT2D eigenvalue weighted by Gasteiger charge is 2.20. The minimum absolute atomic E-state index is 0.126. The lowest BCUT2D eigenvalue weighted by Gasteiger charge is -2.31. The molecule has 1 atom stereocenters. The van der Waals surface area contributed by atoms with E-state index in [2.05, 4.69) is 28.9 Å². The molecule has 0 spiro atoms. The third kappa shape index (κ3) is 3.76. The average Bonchev–Trinajstić information content (AvgIpc) is 2.76. The van der Waals surface area contributed by atoms with E-state index >= 15 is 0 Å². The number of hydrogen-bond donors (Lipinski definition) is 1. The molecule has 0 bridgehead atoms. The van der Waals surface area contributed by atoms with Crippen molar-refractivity contribution in [2.24, 2.45) is 11.7 Å². The molecule has 0 aromatic carbocycles. The van der Waals surface area contributed by atoms with E-state index in [1.54, 1.807) is 0 Å². The van der Waals surface area contributed by atoms with E-state index in [0.717, 1.165) is 37.8 Å².